The Hall–Kier alpha value is -1.58. The summed E-state index contributed by atoms with van der Waals surface area (Å²) in [4.78, 5) is 13.8. The van der Waals surface area contributed by atoms with Gasteiger partial charge in [0.05, 0.1) is 7.11 Å². The van der Waals surface area contributed by atoms with Crippen molar-refractivity contribution >= 4 is 5.91 Å². The second-order valence-electron chi connectivity index (χ2n) is 5.74. The first-order chi connectivity index (χ1) is 10.1. The van der Waals surface area contributed by atoms with Gasteiger partial charge in [0.2, 0.25) is 5.91 Å². The van der Waals surface area contributed by atoms with Gasteiger partial charge in [-0.2, -0.15) is 0 Å². The van der Waals surface area contributed by atoms with Crippen LogP contribution in [0.3, 0.4) is 0 Å². The highest BCUT2D eigenvalue weighted by atomic mass is 19.1. The van der Waals surface area contributed by atoms with E-state index in [-0.39, 0.29) is 11.7 Å². The molecule has 0 saturated carbocycles. The molecule has 0 aliphatic carbocycles. The maximum atomic E-state index is 13.8. The van der Waals surface area contributed by atoms with E-state index in [1.54, 1.807) is 19.2 Å². The van der Waals surface area contributed by atoms with E-state index in [0.29, 0.717) is 23.7 Å². The fraction of sp³-hybridized carbons (Fsp3) is 0.588. The van der Waals surface area contributed by atoms with E-state index in [2.05, 4.69) is 0 Å². The lowest BCUT2D eigenvalue weighted by molar-refractivity contribution is -0.132. The molecular formula is C17H24FNO2. The van der Waals surface area contributed by atoms with E-state index in [1.165, 1.54) is 6.07 Å². The van der Waals surface area contributed by atoms with Crippen LogP contribution in [0.1, 0.15) is 38.2 Å². The molecule has 0 unspecified atom stereocenters. The standard InChI is InChI=1S/C17H24FNO2/c1-3-4-17(20)19-9-7-13(8-10-19)11-14-12-15(21-2)5-6-16(14)18/h5-6,12-13H,3-4,7-11H2,1-2H3. The van der Waals surface area contributed by atoms with Crippen LogP contribution in [-0.2, 0) is 11.2 Å². The van der Waals surface area contributed by atoms with E-state index in [0.717, 1.165) is 38.8 Å². The van der Waals surface area contributed by atoms with Crippen LogP contribution < -0.4 is 4.74 Å². The summed E-state index contributed by atoms with van der Waals surface area (Å²) in [6.07, 6.45) is 4.15. The summed E-state index contributed by atoms with van der Waals surface area (Å²) in [5.41, 5.74) is 0.715. The molecule has 1 saturated heterocycles. The number of rotatable bonds is 5. The highest BCUT2D eigenvalue weighted by Crippen LogP contribution is 2.25. The molecule has 1 aliphatic heterocycles. The van der Waals surface area contributed by atoms with Crippen LogP contribution in [0.2, 0.25) is 0 Å². The van der Waals surface area contributed by atoms with Crippen molar-refractivity contribution < 1.29 is 13.9 Å². The number of carbonyl (C=O) groups is 1. The minimum Gasteiger partial charge on any atom is -0.497 e. The van der Waals surface area contributed by atoms with Gasteiger partial charge >= 0.3 is 0 Å². The molecule has 21 heavy (non-hydrogen) atoms. The third-order valence-electron chi connectivity index (χ3n) is 4.19. The van der Waals surface area contributed by atoms with Gasteiger partial charge in [0.25, 0.3) is 0 Å². The molecule has 116 valence electrons. The van der Waals surface area contributed by atoms with Crippen molar-refractivity contribution in [1.29, 1.82) is 0 Å². The molecule has 0 N–H and O–H groups in total. The summed E-state index contributed by atoms with van der Waals surface area (Å²) in [6, 6.07) is 4.89. The lowest BCUT2D eigenvalue weighted by Gasteiger charge is -2.32. The molecule has 0 bridgehead atoms. The Balaban J connectivity index is 1.90. The fourth-order valence-electron chi connectivity index (χ4n) is 2.90. The van der Waals surface area contributed by atoms with Gasteiger partial charge < -0.3 is 9.64 Å². The Bertz CT molecular complexity index is 482. The molecule has 4 heteroatoms. The second kappa shape index (κ2) is 7.43. The first kappa shape index (κ1) is 15.8. The van der Waals surface area contributed by atoms with Gasteiger partial charge in [0, 0.05) is 19.5 Å². The minimum atomic E-state index is -0.166. The molecule has 0 radical (unpaired) electrons. The number of likely N-dealkylation sites (tertiary alicyclic amines) is 1. The molecule has 1 aromatic rings. The van der Waals surface area contributed by atoms with Crippen LogP contribution in [0.4, 0.5) is 4.39 Å². The lowest BCUT2D eigenvalue weighted by atomic mass is 9.89. The maximum absolute atomic E-state index is 13.8. The summed E-state index contributed by atoms with van der Waals surface area (Å²) >= 11 is 0. The van der Waals surface area contributed by atoms with Gasteiger partial charge in [0.15, 0.2) is 0 Å². The van der Waals surface area contributed by atoms with Crippen molar-refractivity contribution in [2.75, 3.05) is 20.2 Å². The largest absolute Gasteiger partial charge is 0.497 e. The first-order valence-electron chi connectivity index (χ1n) is 7.74. The van der Waals surface area contributed by atoms with Gasteiger partial charge in [-0.25, -0.2) is 4.39 Å². The first-order valence-corrected chi connectivity index (χ1v) is 7.74. The third kappa shape index (κ3) is 4.19. The number of hydrogen-bond acceptors (Lipinski definition) is 2. The quantitative estimate of drug-likeness (QED) is 0.832. The van der Waals surface area contributed by atoms with Crippen molar-refractivity contribution in [3.63, 3.8) is 0 Å². The minimum absolute atomic E-state index is 0.166. The fourth-order valence-corrected chi connectivity index (χ4v) is 2.90. The van der Waals surface area contributed by atoms with E-state index in [1.807, 2.05) is 11.8 Å². The molecule has 0 spiro atoms. The third-order valence-corrected chi connectivity index (χ3v) is 4.19. The van der Waals surface area contributed by atoms with Crippen LogP contribution in [0.15, 0.2) is 18.2 Å². The zero-order valence-corrected chi connectivity index (χ0v) is 12.9. The van der Waals surface area contributed by atoms with Crippen LogP contribution in [-0.4, -0.2) is 31.0 Å². The Morgan fingerprint density at radius 2 is 2.10 bits per heavy atom. The monoisotopic (exact) mass is 293 g/mol. The molecule has 0 aromatic heterocycles. The number of methoxy groups -OCH3 is 1. The van der Waals surface area contributed by atoms with Gasteiger partial charge in [-0.15, -0.1) is 0 Å². The smallest absolute Gasteiger partial charge is 0.222 e. The van der Waals surface area contributed by atoms with Gasteiger partial charge in [-0.1, -0.05) is 6.92 Å². The number of piperidine rings is 1. The Labute approximate surface area is 126 Å². The molecule has 1 aromatic carbocycles. The highest BCUT2D eigenvalue weighted by molar-refractivity contribution is 5.76. The zero-order chi connectivity index (χ0) is 15.2. The molecule has 0 atom stereocenters. The molecule has 1 aliphatic rings. The Morgan fingerprint density at radius 1 is 1.38 bits per heavy atom. The zero-order valence-electron chi connectivity index (χ0n) is 12.9. The Morgan fingerprint density at radius 3 is 2.71 bits per heavy atom. The second-order valence-corrected chi connectivity index (χ2v) is 5.74. The number of halogens is 1. The molecule has 1 fully saturated rings. The van der Waals surface area contributed by atoms with Crippen LogP contribution in [0.25, 0.3) is 0 Å². The summed E-state index contributed by atoms with van der Waals surface area (Å²) in [7, 11) is 1.59. The van der Waals surface area contributed by atoms with Gasteiger partial charge in [-0.05, 0) is 55.4 Å². The normalized spacial score (nSPS) is 16.0. The molecule has 1 amide bonds. The molecule has 3 nitrogen and oxygen atoms in total. The highest BCUT2D eigenvalue weighted by Gasteiger charge is 2.23. The van der Waals surface area contributed by atoms with Crippen molar-refractivity contribution in [3.8, 4) is 5.75 Å². The van der Waals surface area contributed by atoms with Crippen molar-refractivity contribution in [2.24, 2.45) is 5.92 Å². The predicted octanol–water partition coefficient (Wildman–Crippen LogP) is 3.42. The number of nitrogens with zero attached hydrogens (tertiary/aromatic N) is 1. The molecular weight excluding hydrogens is 269 g/mol. The van der Waals surface area contributed by atoms with E-state index < -0.39 is 0 Å². The maximum Gasteiger partial charge on any atom is 0.222 e. The van der Waals surface area contributed by atoms with Crippen molar-refractivity contribution in [2.45, 2.75) is 39.0 Å². The topological polar surface area (TPSA) is 29.5 Å². The van der Waals surface area contributed by atoms with Crippen LogP contribution in [0.5, 0.6) is 5.75 Å². The number of hydrogen-bond donors (Lipinski definition) is 0. The van der Waals surface area contributed by atoms with E-state index in [9.17, 15) is 9.18 Å². The number of ether oxygens (including phenoxy) is 1. The van der Waals surface area contributed by atoms with Gasteiger partial charge in [0.1, 0.15) is 11.6 Å². The van der Waals surface area contributed by atoms with Crippen molar-refractivity contribution in [3.05, 3.63) is 29.6 Å². The Kier molecular flexibility index (Phi) is 5.59. The lowest BCUT2D eigenvalue weighted by Crippen LogP contribution is -2.38. The summed E-state index contributed by atoms with van der Waals surface area (Å²) in [5, 5.41) is 0. The van der Waals surface area contributed by atoms with Crippen LogP contribution in [0, 0.1) is 11.7 Å². The summed E-state index contributed by atoms with van der Waals surface area (Å²) in [6.45, 7) is 3.63. The van der Waals surface area contributed by atoms with Crippen LogP contribution >= 0.6 is 0 Å². The number of amides is 1. The number of benzene rings is 1. The summed E-state index contributed by atoms with van der Waals surface area (Å²) in [5.74, 6) is 1.23. The summed E-state index contributed by atoms with van der Waals surface area (Å²) < 4.78 is 19.0. The molecule has 2 rings (SSSR count). The predicted molar refractivity (Wildman–Crippen MR) is 80.9 cm³/mol. The van der Waals surface area contributed by atoms with Gasteiger partial charge in [-0.3, -0.25) is 4.79 Å². The van der Waals surface area contributed by atoms with Crippen molar-refractivity contribution in [1.82, 2.24) is 4.90 Å². The average molecular weight is 293 g/mol. The molecule has 1 heterocycles. The number of carbonyl (C=O) groups excluding carboxylic acids is 1. The van der Waals surface area contributed by atoms with E-state index in [4.69, 9.17) is 4.74 Å². The SMILES string of the molecule is CCCC(=O)N1CCC(Cc2cc(OC)ccc2F)CC1. The van der Waals surface area contributed by atoms with E-state index >= 15 is 0 Å². The average Bonchev–Trinajstić information content (AvgIpc) is 2.50.